The SMILES string of the molecule is O=C(CCCc1cccs1)Nc1cccc(C(=O)NCc2ccc(Cn3cccn3)cc2)c1. The largest absolute Gasteiger partial charge is 0.348 e. The van der Waals surface area contributed by atoms with E-state index in [4.69, 9.17) is 0 Å². The van der Waals surface area contributed by atoms with Crippen molar-refractivity contribution in [2.24, 2.45) is 0 Å². The summed E-state index contributed by atoms with van der Waals surface area (Å²) in [6.45, 7) is 1.15. The molecule has 0 atom stereocenters. The molecule has 0 fully saturated rings. The minimum Gasteiger partial charge on any atom is -0.348 e. The van der Waals surface area contributed by atoms with E-state index < -0.39 is 0 Å². The zero-order chi connectivity index (χ0) is 22.9. The number of carbonyl (C=O) groups is 2. The van der Waals surface area contributed by atoms with Gasteiger partial charge in [-0.2, -0.15) is 5.10 Å². The van der Waals surface area contributed by atoms with Crippen molar-refractivity contribution in [3.05, 3.63) is 106 Å². The first-order valence-electron chi connectivity index (χ1n) is 10.9. The van der Waals surface area contributed by atoms with Gasteiger partial charge < -0.3 is 10.6 Å². The molecule has 33 heavy (non-hydrogen) atoms. The van der Waals surface area contributed by atoms with E-state index in [9.17, 15) is 9.59 Å². The lowest BCUT2D eigenvalue weighted by Crippen LogP contribution is -2.23. The van der Waals surface area contributed by atoms with Crippen LogP contribution in [0.2, 0.25) is 0 Å². The van der Waals surface area contributed by atoms with Crippen LogP contribution >= 0.6 is 11.3 Å². The number of nitrogens with zero attached hydrogens (tertiary/aromatic N) is 2. The molecule has 0 aliphatic heterocycles. The van der Waals surface area contributed by atoms with Crippen LogP contribution in [0.1, 0.15) is 39.2 Å². The maximum Gasteiger partial charge on any atom is 0.251 e. The highest BCUT2D eigenvalue weighted by molar-refractivity contribution is 7.09. The number of aryl methyl sites for hydroxylation is 1. The quantitative estimate of drug-likeness (QED) is 0.355. The number of hydrogen-bond donors (Lipinski definition) is 2. The molecule has 4 aromatic rings. The third-order valence-electron chi connectivity index (χ3n) is 5.20. The van der Waals surface area contributed by atoms with Crippen LogP contribution in [0, 0.1) is 0 Å². The molecule has 2 aromatic carbocycles. The zero-order valence-corrected chi connectivity index (χ0v) is 19.1. The van der Waals surface area contributed by atoms with E-state index in [-0.39, 0.29) is 11.8 Å². The van der Waals surface area contributed by atoms with Gasteiger partial charge in [0.2, 0.25) is 5.91 Å². The molecule has 2 amide bonds. The Kier molecular flexibility index (Phi) is 7.66. The summed E-state index contributed by atoms with van der Waals surface area (Å²) >= 11 is 1.71. The fourth-order valence-electron chi connectivity index (χ4n) is 3.47. The monoisotopic (exact) mass is 458 g/mol. The summed E-state index contributed by atoms with van der Waals surface area (Å²) in [5.74, 6) is -0.219. The number of nitrogens with one attached hydrogen (secondary N) is 2. The summed E-state index contributed by atoms with van der Waals surface area (Å²) in [5.41, 5.74) is 3.31. The fraction of sp³-hybridized carbons (Fsp3) is 0.192. The maximum atomic E-state index is 12.6. The highest BCUT2D eigenvalue weighted by Crippen LogP contribution is 2.14. The predicted octanol–water partition coefficient (Wildman–Crippen LogP) is 4.88. The predicted molar refractivity (Wildman–Crippen MR) is 131 cm³/mol. The standard InChI is InChI=1S/C26H26N4O2S/c31-25(9-2-7-24-8-3-16-33-24)29-23-6-1-5-22(17-23)26(32)27-18-20-10-12-21(13-11-20)19-30-15-4-14-28-30/h1,3-6,8,10-17H,2,7,9,18-19H2,(H,27,32)(H,29,31). The Morgan fingerprint density at radius 3 is 2.58 bits per heavy atom. The van der Waals surface area contributed by atoms with Gasteiger partial charge in [-0.05, 0) is 59.7 Å². The highest BCUT2D eigenvalue weighted by Gasteiger charge is 2.09. The van der Waals surface area contributed by atoms with E-state index in [1.54, 1.807) is 41.8 Å². The van der Waals surface area contributed by atoms with Crippen molar-refractivity contribution in [1.29, 1.82) is 0 Å². The second-order valence-electron chi connectivity index (χ2n) is 7.76. The molecule has 168 valence electrons. The van der Waals surface area contributed by atoms with Crippen LogP contribution in [0.4, 0.5) is 5.69 Å². The van der Waals surface area contributed by atoms with Crippen LogP contribution in [0.15, 0.2) is 84.5 Å². The van der Waals surface area contributed by atoms with E-state index in [1.165, 1.54) is 4.88 Å². The van der Waals surface area contributed by atoms with Crippen molar-refractivity contribution in [2.45, 2.75) is 32.4 Å². The number of benzene rings is 2. The molecule has 0 saturated heterocycles. The normalized spacial score (nSPS) is 10.7. The molecule has 0 unspecified atom stereocenters. The first kappa shape index (κ1) is 22.5. The molecule has 2 heterocycles. The number of thiophene rings is 1. The Morgan fingerprint density at radius 1 is 0.970 bits per heavy atom. The topological polar surface area (TPSA) is 76.0 Å². The van der Waals surface area contributed by atoms with Gasteiger partial charge in [0.25, 0.3) is 5.91 Å². The Bertz CT molecular complexity index is 1170. The number of anilines is 1. The van der Waals surface area contributed by atoms with Crippen molar-refractivity contribution in [2.75, 3.05) is 5.32 Å². The van der Waals surface area contributed by atoms with Crippen molar-refractivity contribution in [3.63, 3.8) is 0 Å². The average molecular weight is 459 g/mol. The lowest BCUT2D eigenvalue weighted by Gasteiger charge is -2.09. The van der Waals surface area contributed by atoms with Gasteiger partial charge in [-0.1, -0.05) is 36.4 Å². The molecule has 7 heteroatoms. The first-order valence-corrected chi connectivity index (χ1v) is 11.8. The van der Waals surface area contributed by atoms with Crippen molar-refractivity contribution in [3.8, 4) is 0 Å². The van der Waals surface area contributed by atoms with Gasteiger partial charge in [0.15, 0.2) is 0 Å². The summed E-state index contributed by atoms with van der Waals surface area (Å²) in [4.78, 5) is 26.1. The molecule has 0 spiro atoms. The van der Waals surface area contributed by atoms with E-state index in [2.05, 4.69) is 21.8 Å². The van der Waals surface area contributed by atoms with Gasteiger partial charge in [0, 0.05) is 41.5 Å². The van der Waals surface area contributed by atoms with Crippen LogP contribution in [0.25, 0.3) is 0 Å². The van der Waals surface area contributed by atoms with Crippen LogP contribution in [-0.4, -0.2) is 21.6 Å². The lowest BCUT2D eigenvalue weighted by molar-refractivity contribution is -0.116. The van der Waals surface area contributed by atoms with Gasteiger partial charge in [0.1, 0.15) is 0 Å². The molecule has 0 aliphatic carbocycles. The summed E-state index contributed by atoms with van der Waals surface area (Å²) in [5, 5.41) is 12.1. The molecule has 0 bridgehead atoms. The molecule has 0 aliphatic rings. The minimum atomic E-state index is -0.176. The molecule has 0 radical (unpaired) electrons. The Balaban J connectivity index is 1.24. The van der Waals surface area contributed by atoms with Crippen LogP contribution < -0.4 is 10.6 Å². The van der Waals surface area contributed by atoms with Crippen LogP contribution in [0.5, 0.6) is 0 Å². The van der Waals surface area contributed by atoms with Crippen molar-refractivity contribution >= 4 is 28.8 Å². The van der Waals surface area contributed by atoms with Crippen molar-refractivity contribution in [1.82, 2.24) is 15.1 Å². The summed E-state index contributed by atoms with van der Waals surface area (Å²) in [6, 6.07) is 21.1. The van der Waals surface area contributed by atoms with Crippen LogP contribution in [-0.2, 0) is 24.3 Å². The van der Waals surface area contributed by atoms with Gasteiger partial charge >= 0.3 is 0 Å². The van der Waals surface area contributed by atoms with E-state index >= 15 is 0 Å². The van der Waals surface area contributed by atoms with E-state index in [0.717, 1.165) is 24.0 Å². The van der Waals surface area contributed by atoms with Gasteiger partial charge in [-0.3, -0.25) is 14.3 Å². The smallest absolute Gasteiger partial charge is 0.251 e. The molecule has 2 aromatic heterocycles. The fourth-order valence-corrected chi connectivity index (χ4v) is 4.22. The molecule has 4 rings (SSSR count). The molecule has 2 N–H and O–H groups in total. The number of hydrogen-bond acceptors (Lipinski definition) is 4. The second-order valence-corrected chi connectivity index (χ2v) is 8.80. The minimum absolute atomic E-state index is 0.0423. The molecule has 0 saturated carbocycles. The Hall–Kier alpha value is -3.71. The Morgan fingerprint density at radius 2 is 1.82 bits per heavy atom. The third-order valence-corrected chi connectivity index (χ3v) is 6.13. The zero-order valence-electron chi connectivity index (χ0n) is 18.2. The number of rotatable bonds is 10. The number of amides is 2. The van der Waals surface area contributed by atoms with E-state index in [0.29, 0.717) is 30.8 Å². The molecular formula is C26H26N4O2S. The maximum absolute atomic E-state index is 12.6. The van der Waals surface area contributed by atoms with Gasteiger partial charge in [-0.15, -0.1) is 11.3 Å². The second kappa shape index (κ2) is 11.2. The number of aromatic nitrogens is 2. The third kappa shape index (κ3) is 6.89. The number of carbonyl (C=O) groups excluding carboxylic acids is 2. The van der Waals surface area contributed by atoms with Gasteiger partial charge in [-0.25, -0.2) is 0 Å². The average Bonchev–Trinajstić information content (AvgIpc) is 3.53. The van der Waals surface area contributed by atoms with Crippen LogP contribution in [0.3, 0.4) is 0 Å². The van der Waals surface area contributed by atoms with Gasteiger partial charge in [0.05, 0.1) is 6.54 Å². The summed E-state index contributed by atoms with van der Waals surface area (Å²) < 4.78 is 1.87. The van der Waals surface area contributed by atoms with Crippen molar-refractivity contribution < 1.29 is 9.59 Å². The molecule has 6 nitrogen and oxygen atoms in total. The summed E-state index contributed by atoms with van der Waals surface area (Å²) in [6.07, 6.45) is 5.84. The molecular weight excluding hydrogens is 432 g/mol. The summed E-state index contributed by atoms with van der Waals surface area (Å²) in [7, 11) is 0. The highest BCUT2D eigenvalue weighted by atomic mass is 32.1. The Labute approximate surface area is 197 Å². The lowest BCUT2D eigenvalue weighted by atomic mass is 10.1. The van der Waals surface area contributed by atoms with E-state index in [1.807, 2.05) is 52.7 Å². The first-order chi connectivity index (χ1) is 16.2.